The number of hydrogen-bond donors (Lipinski definition) is 2. The average molecular weight is 398 g/mol. The van der Waals surface area contributed by atoms with Gasteiger partial charge in [0.05, 0.1) is 42.4 Å². The predicted octanol–water partition coefficient (Wildman–Crippen LogP) is 2.62. The zero-order valence-electron chi connectivity index (χ0n) is 15.6. The summed E-state index contributed by atoms with van der Waals surface area (Å²) in [5.41, 5.74) is 8.22. The minimum Gasteiger partial charge on any atom is -0.497 e. The number of benzene rings is 1. The SMILES string of the molecule is COc1cc(C#Cc2nn(C3CCNC3)c3c(Cl)cnc(N)c23)cc(OC)c1. The molecule has 4 rings (SSSR count). The lowest BCUT2D eigenvalue weighted by atomic mass is 10.1. The van der Waals surface area contributed by atoms with Crippen molar-refractivity contribution >= 4 is 28.3 Å². The quantitative estimate of drug-likeness (QED) is 0.660. The van der Waals surface area contributed by atoms with Crippen molar-refractivity contribution in [2.75, 3.05) is 33.0 Å². The molecule has 3 aromatic rings. The number of nitrogens with one attached hydrogen (secondary N) is 1. The van der Waals surface area contributed by atoms with Crippen LogP contribution in [0.5, 0.6) is 11.5 Å². The average Bonchev–Trinajstić information content (AvgIpc) is 3.37. The van der Waals surface area contributed by atoms with Crippen molar-refractivity contribution in [2.24, 2.45) is 0 Å². The number of aromatic nitrogens is 3. The van der Waals surface area contributed by atoms with Gasteiger partial charge in [-0.2, -0.15) is 5.10 Å². The van der Waals surface area contributed by atoms with E-state index in [0.717, 1.165) is 30.6 Å². The van der Waals surface area contributed by atoms with Crippen molar-refractivity contribution in [1.29, 1.82) is 0 Å². The Bertz CT molecular complexity index is 1070. The van der Waals surface area contributed by atoms with Crippen LogP contribution in [-0.4, -0.2) is 42.1 Å². The van der Waals surface area contributed by atoms with Crippen LogP contribution in [0.3, 0.4) is 0 Å². The van der Waals surface area contributed by atoms with Gasteiger partial charge < -0.3 is 20.5 Å². The first-order valence-electron chi connectivity index (χ1n) is 8.88. The molecule has 3 heterocycles. The van der Waals surface area contributed by atoms with Gasteiger partial charge in [0.1, 0.15) is 23.0 Å². The lowest BCUT2D eigenvalue weighted by Gasteiger charge is -2.11. The van der Waals surface area contributed by atoms with Gasteiger partial charge in [-0.3, -0.25) is 4.68 Å². The highest BCUT2D eigenvalue weighted by Gasteiger charge is 2.24. The van der Waals surface area contributed by atoms with Crippen LogP contribution in [0.4, 0.5) is 5.82 Å². The molecule has 0 saturated carbocycles. The smallest absolute Gasteiger partial charge is 0.147 e. The van der Waals surface area contributed by atoms with Gasteiger partial charge in [-0.25, -0.2) is 4.98 Å². The number of rotatable bonds is 3. The summed E-state index contributed by atoms with van der Waals surface area (Å²) in [6.07, 6.45) is 2.53. The van der Waals surface area contributed by atoms with E-state index in [9.17, 15) is 0 Å². The van der Waals surface area contributed by atoms with Crippen LogP contribution in [0.2, 0.25) is 5.02 Å². The number of nitrogens with zero attached hydrogens (tertiary/aromatic N) is 3. The van der Waals surface area contributed by atoms with E-state index in [2.05, 4.69) is 22.1 Å². The van der Waals surface area contributed by atoms with Gasteiger partial charge in [0, 0.05) is 18.2 Å². The summed E-state index contributed by atoms with van der Waals surface area (Å²) in [4.78, 5) is 4.19. The van der Waals surface area contributed by atoms with Gasteiger partial charge in [0.2, 0.25) is 0 Å². The molecule has 3 N–H and O–H groups in total. The third kappa shape index (κ3) is 3.33. The molecule has 0 radical (unpaired) electrons. The normalized spacial score (nSPS) is 16.0. The van der Waals surface area contributed by atoms with Crippen LogP contribution >= 0.6 is 11.6 Å². The third-order valence-corrected chi connectivity index (χ3v) is 5.04. The van der Waals surface area contributed by atoms with Crippen molar-refractivity contribution in [1.82, 2.24) is 20.1 Å². The number of halogens is 1. The molecule has 1 aliphatic rings. The van der Waals surface area contributed by atoms with Gasteiger partial charge in [-0.15, -0.1) is 0 Å². The summed E-state index contributed by atoms with van der Waals surface area (Å²) >= 11 is 6.44. The fourth-order valence-electron chi connectivity index (χ4n) is 3.37. The Balaban J connectivity index is 1.85. The molecular weight excluding hydrogens is 378 g/mol. The Morgan fingerprint density at radius 3 is 2.61 bits per heavy atom. The van der Waals surface area contributed by atoms with Crippen LogP contribution in [0.1, 0.15) is 23.7 Å². The Labute approximate surface area is 167 Å². The van der Waals surface area contributed by atoms with Crippen LogP contribution in [0, 0.1) is 11.8 Å². The number of hydrogen-bond acceptors (Lipinski definition) is 6. The molecule has 0 spiro atoms. The standard InChI is InChI=1S/C20H20ClN5O2/c1-27-14-7-12(8-15(9-14)28-2)3-4-17-18-19(16(21)11-24-20(18)22)26(25-17)13-5-6-23-10-13/h7-9,11,13,23H,5-6,10H2,1-2H3,(H2,22,24). The molecular formula is C20H20ClN5O2. The summed E-state index contributed by atoms with van der Waals surface area (Å²) < 4.78 is 12.5. The van der Waals surface area contributed by atoms with E-state index in [4.69, 9.17) is 31.9 Å². The number of anilines is 1. The van der Waals surface area contributed by atoms with Gasteiger partial charge in [-0.05, 0) is 31.0 Å². The molecule has 1 saturated heterocycles. The van der Waals surface area contributed by atoms with Crippen LogP contribution < -0.4 is 20.5 Å². The summed E-state index contributed by atoms with van der Waals surface area (Å²) in [7, 11) is 3.20. The van der Waals surface area contributed by atoms with Crippen molar-refractivity contribution in [2.45, 2.75) is 12.5 Å². The maximum absolute atomic E-state index is 6.44. The van der Waals surface area contributed by atoms with E-state index < -0.39 is 0 Å². The topological polar surface area (TPSA) is 87.2 Å². The lowest BCUT2D eigenvalue weighted by molar-refractivity contribution is 0.394. The number of nitrogen functional groups attached to an aromatic ring is 1. The number of pyridine rings is 1. The molecule has 8 heteroatoms. The van der Waals surface area contributed by atoms with E-state index in [1.165, 1.54) is 0 Å². The van der Waals surface area contributed by atoms with E-state index in [0.29, 0.717) is 33.4 Å². The highest BCUT2D eigenvalue weighted by atomic mass is 35.5. The molecule has 0 aliphatic carbocycles. The maximum Gasteiger partial charge on any atom is 0.147 e. The monoisotopic (exact) mass is 397 g/mol. The Morgan fingerprint density at radius 2 is 1.96 bits per heavy atom. The minimum absolute atomic E-state index is 0.203. The molecule has 7 nitrogen and oxygen atoms in total. The minimum atomic E-state index is 0.203. The lowest BCUT2D eigenvalue weighted by Crippen LogP contribution is -2.14. The van der Waals surface area contributed by atoms with E-state index in [-0.39, 0.29) is 6.04 Å². The predicted molar refractivity (Wildman–Crippen MR) is 109 cm³/mol. The number of methoxy groups -OCH3 is 2. The first-order valence-corrected chi connectivity index (χ1v) is 9.26. The number of ether oxygens (including phenoxy) is 2. The second kappa shape index (κ2) is 7.58. The van der Waals surface area contributed by atoms with Crippen molar-refractivity contribution in [3.05, 3.63) is 40.7 Å². The van der Waals surface area contributed by atoms with Gasteiger partial charge in [0.15, 0.2) is 0 Å². The summed E-state index contributed by atoms with van der Waals surface area (Å²) in [6, 6.07) is 5.67. The van der Waals surface area contributed by atoms with Crippen LogP contribution in [0.15, 0.2) is 24.4 Å². The van der Waals surface area contributed by atoms with Gasteiger partial charge >= 0.3 is 0 Å². The first kappa shape index (κ1) is 18.4. The zero-order chi connectivity index (χ0) is 19.7. The van der Waals surface area contributed by atoms with Crippen LogP contribution in [-0.2, 0) is 0 Å². The molecule has 28 heavy (non-hydrogen) atoms. The molecule has 1 unspecified atom stereocenters. The molecule has 1 aromatic carbocycles. The highest BCUT2D eigenvalue weighted by Crippen LogP contribution is 2.32. The molecule has 2 aromatic heterocycles. The summed E-state index contributed by atoms with van der Waals surface area (Å²) in [6.45, 7) is 1.77. The van der Waals surface area contributed by atoms with Crippen molar-refractivity contribution in [3.8, 4) is 23.3 Å². The second-order valence-electron chi connectivity index (χ2n) is 6.51. The van der Waals surface area contributed by atoms with E-state index in [1.807, 2.05) is 16.8 Å². The molecule has 0 bridgehead atoms. The molecule has 144 valence electrons. The summed E-state index contributed by atoms with van der Waals surface area (Å²) in [5.74, 6) is 7.95. The third-order valence-electron chi connectivity index (χ3n) is 4.77. The largest absolute Gasteiger partial charge is 0.497 e. The van der Waals surface area contributed by atoms with E-state index in [1.54, 1.807) is 26.5 Å². The molecule has 1 fully saturated rings. The van der Waals surface area contributed by atoms with E-state index >= 15 is 0 Å². The Kier molecular flexibility index (Phi) is 4.99. The second-order valence-corrected chi connectivity index (χ2v) is 6.91. The Hall–Kier alpha value is -2.95. The zero-order valence-corrected chi connectivity index (χ0v) is 16.4. The molecule has 0 amide bonds. The highest BCUT2D eigenvalue weighted by molar-refractivity contribution is 6.35. The van der Waals surface area contributed by atoms with Crippen molar-refractivity contribution < 1.29 is 9.47 Å². The fraction of sp³-hybridized carbons (Fsp3) is 0.300. The first-order chi connectivity index (χ1) is 13.6. The summed E-state index contributed by atoms with van der Waals surface area (Å²) in [5, 5.41) is 9.27. The van der Waals surface area contributed by atoms with Crippen LogP contribution in [0.25, 0.3) is 10.9 Å². The van der Waals surface area contributed by atoms with Crippen molar-refractivity contribution in [3.63, 3.8) is 0 Å². The fourth-order valence-corrected chi connectivity index (χ4v) is 3.60. The number of nitrogens with two attached hydrogens (primary N) is 1. The maximum atomic E-state index is 6.44. The number of fused-ring (bicyclic) bond motifs is 1. The van der Waals surface area contributed by atoms with Gasteiger partial charge in [-0.1, -0.05) is 17.5 Å². The molecule has 1 atom stereocenters. The van der Waals surface area contributed by atoms with Gasteiger partial charge in [0.25, 0.3) is 0 Å². The Morgan fingerprint density at radius 1 is 1.21 bits per heavy atom. The molecule has 1 aliphatic heterocycles.